The number of urea groups is 1. The summed E-state index contributed by atoms with van der Waals surface area (Å²) < 4.78 is 0. The van der Waals surface area contributed by atoms with Crippen LogP contribution in [0.2, 0.25) is 0 Å². The summed E-state index contributed by atoms with van der Waals surface area (Å²) in [6.07, 6.45) is 0.766. The largest absolute Gasteiger partial charge is 0.345 e. The maximum Gasteiger partial charge on any atom is 0.317 e. The molecule has 0 bridgehead atoms. The van der Waals surface area contributed by atoms with Gasteiger partial charge in [-0.25, -0.2) is 14.8 Å². The number of amides is 2. The van der Waals surface area contributed by atoms with Gasteiger partial charge in [-0.2, -0.15) is 0 Å². The highest BCUT2D eigenvalue weighted by Crippen LogP contribution is 2.29. The SMILES string of the molecule is CCNC(=O)N1CCc2nc(-c3ccccc3)nc(N3CC[NH+](CC)CC3)c2C1. The average molecular weight is 396 g/mol. The normalized spacial score (nSPS) is 17.2. The van der Waals surface area contributed by atoms with Crippen LogP contribution in [-0.4, -0.2) is 66.7 Å². The lowest BCUT2D eigenvalue weighted by Crippen LogP contribution is -3.14. The molecule has 0 saturated carbocycles. The quantitative estimate of drug-likeness (QED) is 0.809. The topological polar surface area (TPSA) is 65.8 Å². The van der Waals surface area contributed by atoms with Crippen molar-refractivity contribution in [2.75, 3.05) is 50.7 Å². The number of benzene rings is 1. The van der Waals surface area contributed by atoms with E-state index in [2.05, 4.69) is 29.3 Å². The Labute approximate surface area is 172 Å². The third kappa shape index (κ3) is 4.19. The first-order valence-electron chi connectivity index (χ1n) is 10.8. The summed E-state index contributed by atoms with van der Waals surface area (Å²) >= 11 is 0. The second-order valence-electron chi connectivity index (χ2n) is 7.76. The molecule has 29 heavy (non-hydrogen) atoms. The number of fused-ring (bicyclic) bond motifs is 1. The van der Waals surface area contributed by atoms with Gasteiger partial charge in [0.1, 0.15) is 5.82 Å². The number of carbonyl (C=O) groups is 1. The fourth-order valence-corrected chi connectivity index (χ4v) is 4.20. The summed E-state index contributed by atoms with van der Waals surface area (Å²) in [5.74, 6) is 1.80. The van der Waals surface area contributed by atoms with E-state index in [4.69, 9.17) is 9.97 Å². The first-order valence-corrected chi connectivity index (χ1v) is 10.8. The third-order valence-corrected chi connectivity index (χ3v) is 5.96. The Bertz CT molecular complexity index is 848. The van der Waals surface area contributed by atoms with E-state index < -0.39 is 0 Å². The Hall–Kier alpha value is -2.67. The Balaban J connectivity index is 1.70. The number of anilines is 1. The van der Waals surface area contributed by atoms with Gasteiger partial charge in [0.05, 0.1) is 45.0 Å². The summed E-state index contributed by atoms with van der Waals surface area (Å²) in [4.78, 5) is 28.3. The highest BCUT2D eigenvalue weighted by Gasteiger charge is 2.29. The first-order chi connectivity index (χ1) is 14.2. The van der Waals surface area contributed by atoms with Crippen molar-refractivity contribution < 1.29 is 9.69 Å². The molecule has 1 aromatic carbocycles. The Morgan fingerprint density at radius 2 is 1.86 bits per heavy atom. The minimum atomic E-state index is -0.00326. The van der Waals surface area contributed by atoms with Crippen molar-refractivity contribution in [2.45, 2.75) is 26.8 Å². The molecule has 0 aliphatic carbocycles. The molecule has 2 aliphatic heterocycles. The van der Waals surface area contributed by atoms with Crippen molar-refractivity contribution in [3.8, 4) is 11.4 Å². The maximum atomic E-state index is 12.4. The summed E-state index contributed by atoms with van der Waals surface area (Å²) in [5.41, 5.74) is 3.24. The number of piperazine rings is 1. The standard InChI is InChI=1S/C22H30N6O/c1-3-23-22(29)28-11-10-19-18(16-28)21(27-14-12-26(4-2)13-15-27)25-20(24-19)17-8-6-5-7-9-17/h5-9H,3-4,10-16H2,1-2H3,(H,23,29)/p+1. The molecule has 154 valence electrons. The van der Waals surface area contributed by atoms with Gasteiger partial charge in [0.25, 0.3) is 0 Å². The van der Waals surface area contributed by atoms with Crippen molar-refractivity contribution in [3.05, 3.63) is 41.6 Å². The summed E-state index contributed by atoms with van der Waals surface area (Å²) in [6.45, 7) is 11.5. The fourth-order valence-electron chi connectivity index (χ4n) is 4.20. The van der Waals surface area contributed by atoms with Gasteiger partial charge in [-0.15, -0.1) is 0 Å². The predicted octanol–water partition coefficient (Wildman–Crippen LogP) is 0.956. The summed E-state index contributed by atoms with van der Waals surface area (Å²) in [6, 6.07) is 10.2. The monoisotopic (exact) mass is 395 g/mol. The molecular weight excluding hydrogens is 364 g/mol. The van der Waals surface area contributed by atoms with Crippen LogP contribution in [0.1, 0.15) is 25.1 Å². The van der Waals surface area contributed by atoms with E-state index in [9.17, 15) is 4.79 Å². The second kappa shape index (κ2) is 8.78. The van der Waals surface area contributed by atoms with Crippen LogP contribution in [0.4, 0.5) is 10.6 Å². The number of hydrogen-bond acceptors (Lipinski definition) is 4. The summed E-state index contributed by atoms with van der Waals surface area (Å²) in [5, 5.41) is 2.92. The zero-order chi connectivity index (χ0) is 20.2. The van der Waals surface area contributed by atoms with Crippen LogP contribution in [0.5, 0.6) is 0 Å². The molecule has 0 unspecified atom stereocenters. The van der Waals surface area contributed by atoms with Crippen molar-refractivity contribution in [1.82, 2.24) is 20.2 Å². The van der Waals surface area contributed by atoms with Crippen LogP contribution >= 0.6 is 0 Å². The molecule has 2 aromatic rings. The van der Waals surface area contributed by atoms with Crippen LogP contribution in [0.25, 0.3) is 11.4 Å². The van der Waals surface area contributed by atoms with Gasteiger partial charge in [0.15, 0.2) is 5.82 Å². The number of carbonyl (C=O) groups excluding carboxylic acids is 1. The third-order valence-electron chi connectivity index (χ3n) is 5.96. The molecule has 4 rings (SSSR count). The van der Waals surface area contributed by atoms with E-state index in [0.717, 1.165) is 67.6 Å². The minimum absolute atomic E-state index is 0.00326. The van der Waals surface area contributed by atoms with E-state index in [1.165, 1.54) is 0 Å². The van der Waals surface area contributed by atoms with E-state index in [-0.39, 0.29) is 6.03 Å². The second-order valence-corrected chi connectivity index (χ2v) is 7.76. The van der Waals surface area contributed by atoms with Crippen molar-refractivity contribution in [1.29, 1.82) is 0 Å². The Kier molecular flexibility index (Phi) is 5.94. The van der Waals surface area contributed by atoms with Crippen LogP contribution in [-0.2, 0) is 13.0 Å². The van der Waals surface area contributed by atoms with E-state index in [1.807, 2.05) is 30.0 Å². The molecule has 7 nitrogen and oxygen atoms in total. The number of hydrogen-bond donors (Lipinski definition) is 2. The van der Waals surface area contributed by atoms with Gasteiger partial charge in [-0.05, 0) is 13.8 Å². The van der Waals surface area contributed by atoms with Crippen LogP contribution in [0, 0.1) is 0 Å². The first kappa shape index (κ1) is 19.6. The molecule has 2 aliphatic rings. The zero-order valence-corrected chi connectivity index (χ0v) is 17.4. The smallest absolute Gasteiger partial charge is 0.317 e. The number of nitrogens with one attached hydrogen (secondary N) is 2. The van der Waals surface area contributed by atoms with Crippen LogP contribution in [0.3, 0.4) is 0 Å². The molecule has 2 N–H and O–H groups in total. The molecule has 0 spiro atoms. The lowest BCUT2D eigenvalue weighted by molar-refractivity contribution is -0.898. The van der Waals surface area contributed by atoms with Gasteiger partial charge in [-0.1, -0.05) is 30.3 Å². The van der Waals surface area contributed by atoms with Crippen molar-refractivity contribution in [2.24, 2.45) is 0 Å². The number of likely N-dealkylation sites (N-methyl/N-ethyl adjacent to an activating group) is 1. The van der Waals surface area contributed by atoms with Gasteiger partial charge >= 0.3 is 6.03 Å². The van der Waals surface area contributed by atoms with Crippen molar-refractivity contribution in [3.63, 3.8) is 0 Å². The van der Waals surface area contributed by atoms with Gasteiger partial charge in [0.2, 0.25) is 0 Å². The zero-order valence-electron chi connectivity index (χ0n) is 17.4. The molecule has 2 amide bonds. The molecule has 0 atom stereocenters. The molecule has 0 radical (unpaired) electrons. The lowest BCUT2D eigenvalue weighted by atomic mass is 10.0. The molecule has 7 heteroatoms. The van der Waals surface area contributed by atoms with Gasteiger partial charge in [0, 0.05) is 30.6 Å². The van der Waals surface area contributed by atoms with Gasteiger partial charge in [-0.3, -0.25) is 0 Å². The molecule has 1 aromatic heterocycles. The van der Waals surface area contributed by atoms with Gasteiger partial charge < -0.3 is 20.0 Å². The molecule has 1 fully saturated rings. The molecule has 1 saturated heterocycles. The number of nitrogens with zero attached hydrogens (tertiary/aromatic N) is 4. The maximum absolute atomic E-state index is 12.4. The molecular formula is C22H31N6O+. The number of aromatic nitrogens is 2. The number of rotatable bonds is 4. The Morgan fingerprint density at radius 1 is 1.10 bits per heavy atom. The van der Waals surface area contributed by atoms with E-state index in [0.29, 0.717) is 19.6 Å². The highest BCUT2D eigenvalue weighted by atomic mass is 16.2. The average Bonchev–Trinajstić information content (AvgIpc) is 2.79. The van der Waals surface area contributed by atoms with Crippen molar-refractivity contribution >= 4 is 11.8 Å². The van der Waals surface area contributed by atoms with Crippen LogP contribution in [0.15, 0.2) is 30.3 Å². The minimum Gasteiger partial charge on any atom is -0.345 e. The molecule has 3 heterocycles. The van der Waals surface area contributed by atoms with E-state index >= 15 is 0 Å². The predicted molar refractivity (Wildman–Crippen MR) is 114 cm³/mol. The van der Waals surface area contributed by atoms with Crippen LogP contribution < -0.4 is 15.1 Å². The summed E-state index contributed by atoms with van der Waals surface area (Å²) in [7, 11) is 0. The number of quaternary nitrogens is 1. The lowest BCUT2D eigenvalue weighted by Gasteiger charge is -2.36. The van der Waals surface area contributed by atoms with E-state index in [1.54, 1.807) is 4.90 Å². The fraction of sp³-hybridized carbons (Fsp3) is 0.500. The highest BCUT2D eigenvalue weighted by molar-refractivity contribution is 5.75. The Morgan fingerprint density at radius 3 is 2.55 bits per heavy atom.